The van der Waals surface area contributed by atoms with Gasteiger partial charge >= 0.3 is 11.9 Å². The molecule has 0 radical (unpaired) electrons. The topological polar surface area (TPSA) is 87.7 Å². The van der Waals surface area contributed by atoms with Gasteiger partial charge in [0.25, 0.3) is 0 Å². The molecule has 3 rings (SSSR count). The lowest BCUT2D eigenvalue weighted by atomic mass is 9.78. The molecule has 0 saturated carbocycles. The molecule has 212 valence electrons. The highest BCUT2D eigenvalue weighted by atomic mass is 32.1. The number of rotatable bonds is 14. The number of benzene rings is 3. The second kappa shape index (κ2) is 15.2. The molecule has 7 heteroatoms. The third kappa shape index (κ3) is 8.39. The van der Waals surface area contributed by atoms with Crippen LogP contribution in [0, 0.1) is 6.92 Å². The van der Waals surface area contributed by atoms with Gasteiger partial charge in [0.05, 0.1) is 11.3 Å². The van der Waals surface area contributed by atoms with E-state index in [1.165, 1.54) is 0 Å². The minimum atomic E-state index is -0.822. The predicted molar refractivity (Wildman–Crippen MR) is 165 cm³/mol. The molecule has 3 N–H and O–H groups in total. The fourth-order valence-electron chi connectivity index (χ4n) is 4.90. The summed E-state index contributed by atoms with van der Waals surface area (Å²) in [5.41, 5.74) is 2.56. The zero-order valence-electron chi connectivity index (χ0n) is 23.6. The van der Waals surface area contributed by atoms with Crippen LogP contribution in [0.3, 0.4) is 0 Å². The number of carbonyl (C=O) groups excluding carboxylic acids is 1. The number of carboxylic acids is 1. The van der Waals surface area contributed by atoms with Crippen LogP contribution < -0.4 is 15.4 Å². The number of unbranched alkanes of at least 4 members (excludes halogenated alkanes) is 2. The summed E-state index contributed by atoms with van der Waals surface area (Å²) in [4.78, 5) is 25.4. The standard InChI is InChI=1S/C33H40N2O4S/c1-4-5-20-27(30(36)37)29-24(2)15-14-21-28(29)35-32(40)34-23-13-12-22-33(3,25-16-8-6-9-17-25)31(38)39-26-18-10-7-11-19-26/h6-11,14-19,21,27H,4-5,12-13,20,22-23H2,1-3H3,(H,36,37)(H2,34,35,40). The van der Waals surface area contributed by atoms with Crippen molar-refractivity contribution in [1.29, 1.82) is 0 Å². The molecule has 2 unspecified atom stereocenters. The van der Waals surface area contributed by atoms with Gasteiger partial charge in [-0.3, -0.25) is 9.59 Å². The van der Waals surface area contributed by atoms with Crippen LogP contribution in [-0.2, 0) is 15.0 Å². The first-order valence-electron chi connectivity index (χ1n) is 14.0. The van der Waals surface area contributed by atoms with E-state index in [1.807, 2.05) is 80.6 Å². The quantitative estimate of drug-likeness (QED) is 0.0821. The van der Waals surface area contributed by atoms with Crippen LogP contribution in [0.1, 0.15) is 75.0 Å². The van der Waals surface area contributed by atoms with Crippen LogP contribution in [0.15, 0.2) is 78.9 Å². The Morgan fingerprint density at radius 2 is 1.62 bits per heavy atom. The highest BCUT2D eigenvalue weighted by Gasteiger charge is 2.36. The first kappa shape index (κ1) is 30.8. The Morgan fingerprint density at radius 1 is 0.950 bits per heavy atom. The van der Waals surface area contributed by atoms with Crippen molar-refractivity contribution >= 4 is 35.0 Å². The molecule has 2 atom stereocenters. The lowest BCUT2D eigenvalue weighted by Gasteiger charge is -2.28. The van der Waals surface area contributed by atoms with E-state index in [0.29, 0.717) is 30.2 Å². The van der Waals surface area contributed by atoms with Crippen LogP contribution in [0.25, 0.3) is 0 Å². The van der Waals surface area contributed by atoms with Crippen LogP contribution in [-0.4, -0.2) is 28.7 Å². The number of carboxylic acid groups (broad SMARTS) is 1. The number of esters is 1. The van der Waals surface area contributed by atoms with Crippen molar-refractivity contribution in [2.24, 2.45) is 0 Å². The lowest BCUT2D eigenvalue weighted by Crippen LogP contribution is -2.36. The van der Waals surface area contributed by atoms with Gasteiger partial charge in [-0.05, 0) is 80.2 Å². The summed E-state index contributed by atoms with van der Waals surface area (Å²) in [5, 5.41) is 16.8. The maximum Gasteiger partial charge on any atom is 0.321 e. The Bertz CT molecular complexity index is 1270. The molecule has 0 spiro atoms. The minimum Gasteiger partial charge on any atom is -0.481 e. The number of thiocarbonyl (C=S) groups is 1. The molecule has 40 heavy (non-hydrogen) atoms. The van der Waals surface area contributed by atoms with E-state index in [9.17, 15) is 14.7 Å². The van der Waals surface area contributed by atoms with Crippen molar-refractivity contribution < 1.29 is 19.4 Å². The number of aliphatic carboxylic acids is 1. The van der Waals surface area contributed by atoms with Crippen molar-refractivity contribution in [1.82, 2.24) is 5.32 Å². The predicted octanol–water partition coefficient (Wildman–Crippen LogP) is 7.37. The summed E-state index contributed by atoms with van der Waals surface area (Å²) >= 11 is 5.55. The van der Waals surface area contributed by atoms with Crippen molar-refractivity contribution in [2.45, 2.75) is 70.6 Å². The second-order valence-electron chi connectivity index (χ2n) is 10.3. The fraction of sp³-hybridized carbons (Fsp3) is 0.364. The Balaban J connectivity index is 1.59. The number of para-hydroxylation sites is 1. The normalized spacial score (nSPS) is 13.1. The monoisotopic (exact) mass is 560 g/mol. The average Bonchev–Trinajstić information content (AvgIpc) is 2.95. The van der Waals surface area contributed by atoms with E-state index in [-0.39, 0.29) is 5.97 Å². The molecule has 0 bridgehead atoms. The molecule has 0 amide bonds. The molecular weight excluding hydrogens is 520 g/mol. The molecule has 0 heterocycles. The highest BCUT2D eigenvalue weighted by molar-refractivity contribution is 7.80. The van der Waals surface area contributed by atoms with E-state index in [1.54, 1.807) is 12.1 Å². The van der Waals surface area contributed by atoms with Gasteiger partial charge in [-0.25, -0.2) is 0 Å². The van der Waals surface area contributed by atoms with Crippen LogP contribution in [0.5, 0.6) is 5.75 Å². The SMILES string of the molecule is CCCCC(C(=O)O)c1c(C)cccc1NC(=S)NCCCCC(C)(C(=O)Oc1ccccc1)c1ccccc1. The average molecular weight is 561 g/mol. The van der Waals surface area contributed by atoms with Crippen molar-refractivity contribution in [3.8, 4) is 5.75 Å². The minimum absolute atomic E-state index is 0.280. The number of hydrogen-bond acceptors (Lipinski definition) is 4. The molecular formula is C33H40N2O4S. The number of carbonyl (C=O) groups is 2. The maximum absolute atomic E-state index is 13.3. The Kier molecular flexibility index (Phi) is 11.7. The number of nitrogens with one attached hydrogen (secondary N) is 2. The molecule has 0 aromatic heterocycles. The van der Waals surface area contributed by atoms with Crippen molar-refractivity contribution in [3.05, 3.63) is 95.6 Å². The van der Waals surface area contributed by atoms with E-state index >= 15 is 0 Å². The third-order valence-electron chi connectivity index (χ3n) is 7.27. The second-order valence-corrected chi connectivity index (χ2v) is 10.7. The summed E-state index contributed by atoms with van der Waals surface area (Å²) in [6, 6.07) is 24.6. The van der Waals surface area contributed by atoms with E-state index in [4.69, 9.17) is 17.0 Å². The summed E-state index contributed by atoms with van der Waals surface area (Å²) in [5.74, 6) is -1.16. The molecule has 0 saturated heterocycles. The fourth-order valence-corrected chi connectivity index (χ4v) is 5.11. The summed E-state index contributed by atoms with van der Waals surface area (Å²) < 4.78 is 5.75. The summed E-state index contributed by atoms with van der Waals surface area (Å²) in [6.07, 6.45) is 4.54. The van der Waals surface area contributed by atoms with Crippen LogP contribution in [0.2, 0.25) is 0 Å². The zero-order chi connectivity index (χ0) is 29.0. The lowest BCUT2D eigenvalue weighted by molar-refractivity contribution is -0.141. The number of anilines is 1. The van der Waals surface area contributed by atoms with Gasteiger partial charge < -0.3 is 20.5 Å². The van der Waals surface area contributed by atoms with Gasteiger partial charge in [0.15, 0.2) is 5.11 Å². The smallest absolute Gasteiger partial charge is 0.321 e. The molecule has 0 fully saturated rings. The number of ether oxygens (including phenoxy) is 1. The number of aryl methyl sites for hydroxylation is 1. The Morgan fingerprint density at radius 3 is 2.27 bits per heavy atom. The molecule has 0 aliphatic heterocycles. The molecule has 6 nitrogen and oxygen atoms in total. The van der Waals surface area contributed by atoms with E-state index < -0.39 is 17.3 Å². The Labute approximate surface area is 243 Å². The summed E-state index contributed by atoms with van der Waals surface area (Å²) in [6.45, 7) is 6.54. The largest absolute Gasteiger partial charge is 0.481 e. The van der Waals surface area contributed by atoms with Crippen LogP contribution >= 0.6 is 12.2 Å². The highest BCUT2D eigenvalue weighted by Crippen LogP contribution is 2.33. The van der Waals surface area contributed by atoms with Gasteiger partial charge in [0.1, 0.15) is 5.75 Å². The van der Waals surface area contributed by atoms with E-state index in [0.717, 1.165) is 48.1 Å². The van der Waals surface area contributed by atoms with Gasteiger partial charge in [-0.15, -0.1) is 0 Å². The first-order chi connectivity index (χ1) is 19.3. The molecule has 3 aromatic carbocycles. The van der Waals surface area contributed by atoms with E-state index in [2.05, 4.69) is 17.6 Å². The zero-order valence-corrected chi connectivity index (χ0v) is 24.4. The van der Waals surface area contributed by atoms with Crippen LogP contribution in [0.4, 0.5) is 5.69 Å². The van der Waals surface area contributed by atoms with Gasteiger partial charge in [-0.2, -0.15) is 0 Å². The van der Waals surface area contributed by atoms with Gasteiger partial charge in [0, 0.05) is 12.2 Å². The first-order valence-corrected chi connectivity index (χ1v) is 14.4. The summed E-state index contributed by atoms with van der Waals surface area (Å²) in [7, 11) is 0. The maximum atomic E-state index is 13.3. The number of hydrogen-bond donors (Lipinski definition) is 3. The molecule has 0 aliphatic rings. The Hall–Kier alpha value is -3.71. The molecule has 0 aliphatic carbocycles. The third-order valence-corrected chi connectivity index (χ3v) is 7.52. The van der Waals surface area contributed by atoms with Crippen molar-refractivity contribution in [2.75, 3.05) is 11.9 Å². The van der Waals surface area contributed by atoms with Gasteiger partial charge in [-0.1, -0.05) is 86.8 Å². The van der Waals surface area contributed by atoms with Crippen molar-refractivity contribution in [3.63, 3.8) is 0 Å². The van der Waals surface area contributed by atoms with Gasteiger partial charge in [0.2, 0.25) is 0 Å². The molecule has 3 aromatic rings.